The average Bonchev–Trinajstić information content (AvgIpc) is 2.57. The van der Waals surface area contributed by atoms with E-state index in [1.807, 2.05) is 11.7 Å². The maximum Gasteiger partial charge on any atom is 0.0641 e. The Morgan fingerprint density at radius 1 is 1.56 bits per heavy atom. The van der Waals surface area contributed by atoms with Crippen molar-refractivity contribution in [2.75, 3.05) is 20.3 Å². The van der Waals surface area contributed by atoms with Crippen molar-refractivity contribution >= 4 is 0 Å². The fraction of sp³-hybridized carbons (Fsp3) is 0.750. The Morgan fingerprint density at radius 2 is 2.31 bits per heavy atom. The predicted octanol–water partition coefficient (Wildman–Crippen LogP) is 1.81. The molecule has 16 heavy (non-hydrogen) atoms. The Hall–Kier alpha value is -0.870. The van der Waals surface area contributed by atoms with Crippen LogP contribution in [0.2, 0.25) is 0 Å². The maximum absolute atomic E-state index is 5.09. The zero-order valence-electron chi connectivity index (χ0n) is 10.8. The lowest BCUT2D eigenvalue weighted by atomic mass is 10.0. The second-order valence-corrected chi connectivity index (χ2v) is 4.09. The third kappa shape index (κ3) is 3.61. The van der Waals surface area contributed by atoms with E-state index in [0.29, 0.717) is 6.04 Å². The van der Waals surface area contributed by atoms with Gasteiger partial charge in [0.05, 0.1) is 5.69 Å². The van der Waals surface area contributed by atoms with Gasteiger partial charge in [0.2, 0.25) is 0 Å². The fourth-order valence-corrected chi connectivity index (χ4v) is 2.01. The minimum absolute atomic E-state index is 0.397. The lowest BCUT2D eigenvalue weighted by molar-refractivity contribution is 0.189. The zero-order chi connectivity index (χ0) is 12.0. The smallest absolute Gasteiger partial charge is 0.0641 e. The number of nitrogens with zero attached hydrogens (tertiary/aromatic N) is 2. The topological polar surface area (TPSA) is 39.1 Å². The molecule has 92 valence electrons. The van der Waals surface area contributed by atoms with E-state index in [4.69, 9.17) is 4.74 Å². The summed E-state index contributed by atoms with van der Waals surface area (Å²) in [5.41, 5.74) is 2.42. The van der Waals surface area contributed by atoms with Gasteiger partial charge in [0.15, 0.2) is 0 Å². The number of ether oxygens (including phenoxy) is 1. The van der Waals surface area contributed by atoms with E-state index >= 15 is 0 Å². The molecule has 0 saturated heterocycles. The molecule has 0 saturated carbocycles. The molecule has 1 heterocycles. The second kappa shape index (κ2) is 6.66. The molecule has 0 aliphatic rings. The van der Waals surface area contributed by atoms with Crippen molar-refractivity contribution in [3.05, 3.63) is 17.5 Å². The van der Waals surface area contributed by atoms with Crippen molar-refractivity contribution in [3.8, 4) is 0 Å². The number of nitrogens with one attached hydrogen (secondary N) is 1. The van der Waals surface area contributed by atoms with E-state index in [9.17, 15) is 0 Å². The highest BCUT2D eigenvalue weighted by atomic mass is 16.5. The van der Waals surface area contributed by atoms with E-state index in [-0.39, 0.29) is 0 Å². The summed E-state index contributed by atoms with van der Waals surface area (Å²) < 4.78 is 6.97. The van der Waals surface area contributed by atoms with Crippen LogP contribution in [0.3, 0.4) is 0 Å². The first kappa shape index (κ1) is 13.2. The Morgan fingerprint density at radius 3 is 2.81 bits per heavy atom. The van der Waals surface area contributed by atoms with Gasteiger partial charge in [0.25, 0.3) is 0 Å². The predicted molar refractivity (Wildman–Crippen MR) is 65.5 cm³/mol. The molecule has 0 aliphatic heterocycles. The first-order chi connectivity index (χ1) is 7.69. The van der Waals surface area contributed by atoms with Gasteiger partial charge in [-0.05, 0) is 26.3 Å². The first-order valence-corrected chi connectivity index (χ1v) is 5.91. The number of methoxy groups -OCH3 is 1. The molecular weight excluding hydrogens is 202 g/mol. The largest absolute Gasteiger partial charge is 0.385 e. The van der Waals surface area contributed by atoms with Crippen LogP contribution in [0.4, 0.5) is 0 Å². The van der Waals surface area contributed by atoms with Gasteiger partial charge in [0.1, 0.15) is 0 Å². The highest BCUT2D eigenvalue weighted by Gasteiger charge is 2.14. The van der Waals surface area contributed by atoms with Crippen LogP contribution in [-0.2, 0) is 11.8 Å². The molecule has 4 heteroatoms. The number of aromatic nitrogens is 2. The highest BCUT2D eigenvalue weighted by molar-refractivity contribution is 5.19. The Bertz CT molecular complexity index is 309. The molecule has 0 aromatic carbocycles. The molecule has 1 rings (SSSR count). The van der Waals surface area contributed by atoms with Crippen LogP contribution in [0.15, 0.2) is 6.20 Å². The molecule has 0 bridgehead atoms. The van der Waals surface area contributed by atoms with Gasteiger partial charge in [0, 0.05) is 38.6 Å². The van der Waals surface area contributed by atoms with Crippen molar-refractivity contribution in [1.82, 2.24) is 15.1 Å². The van der Waals surface area contributed by atoms with Gasteiger partial charge in [-0.15, -0.1) is 0 Å². The Kier molecular flexibility index (Phi) is 5.49. The molecule has 0 amide bonds. The summed E-state index contributed by atoms with van der Waals surface area (Å²) in [4.78, 5) is 0. The first-order valence-electron chi connectivity index (χ1n) is 5.91. The molecule has 1 unspecified atom stereocenters. The molecule has 0 spiro atoms. The van der Waals surface area contributed by atoms with E-state index in [0.717, 1.165) is 31.7 Å². The number of rotatable bonds is 7. The van der Waals surface area contributed by atoms with E-state index in [2.05, 4.69) is 30.5 Å². The van der Waals surface area contributed by atoms with Crippen molar-refractivity contribution in [3.63, 3.8) is 0 Å². The van der Waals surface area contributed by atoms with Crippen LogP contribution in [-0.4, -0.2) is 30.0 Å². The van der Waals surface area contributed by atoms with Crippen molar-refractivity contribution < 1.29 is 4.74 Å². The van der Waals surface area contributed by atoms with E-state index in [1.54, 1.807) is 7.11 Å². The van der Waals surface area contributed by atoms with Gasteiger partial charge in [-0.1, -0.05) is 6.92 Å². The van der Waals surface area contributed by atoms with Crippen LogP contribution in [0.25, 0.3) is 0 Å². The Balaban J connectivity index is 2.64. The fourth-order valence-electron chi connectivity index (χ4n) is 2.01. The summed E-state index contributed by atoms with van der Waals surface area (Å²) in [7, 11) is 3.71. The van der Waals surface area contributed by atoms with Crippen LogP contribution >= 0.6 is 0 Å². The van der Waals surface area contributed by atoms with Crippen LogP contribution in [0.1, 0.15) is 37.1 Å². The monoisotopic (exact) mass is 225 g/mol. The lowest BCUT2D eigenvalue weighted by Gasteiger charge is -2.17. The summed E-state index contributed by atoms with van der Waals surface area (Å²) in [5, 5.41) is 7.89. The van der Waals surface area contributed by atoms with E-state index in [1.165, 1.54) is 5.56 Å². The van der Waals surface area contributed by atoms with Crippen LogP contribution < -0.4 is 5.32 Å². The molecular formula is C12H23N3O. The van der Waals surface area contributed by atoms with Crippen LogP contribution in [0.5, 0.6) is 0 Å². The third-order valence-electron chi connectivity index (χ3n) is 2.72. The molecule has 4 nitrogen and oxygen atoms in total. The molecule has 0 aliphatic carbocycles. The van der Waals surface area contributed by atoms with Gasteiger partial charge >= 0.3 is 0 Å². The highest BCUT2D eigenvalue weighted by Crippen LogP contribution is 2.20. The minimum atomic E-state index is 0.397. The minimum Gasteiger partial charge on any atom is -0.385 e. The average molecular weight is 225 g/mol. The standard InChI is InChI=1S/C12H23N3O/c1-5-13-12(7-6-8-16-4)11-9-15(3)14-10(11)2/h9,12-13H,5-8H2,1-4H3. The SMILES string of the molecule is CCNC(CCCOC)c1cn(C)nc1C. The van der Waals surface area contributed by atoms with Gasteiger partial charge < -0.3 is 10.1 Å². The lowest BCUT2D eigenvalue weighted by Crippen LogP contribution is -2.21. The maximum atomic E-state index is 5.09. The van der Waals surface area contributed by atoms with Crippen molar-refractivity contribution in [2.24, 2.45) is 7.05 Å². The normalized spacial score (nSPS) is 13.0. The number of hydrogen-bond acceptors (Lipinski definition) is 3. The summed E-state index contributed by atoms with van der Waals surface area (Å²) in [6.45, 7) is 6.00. The molecule has 0 radical (unpaired) electrons. The molecule has 1 N–H and O–H groups in total. The van der Waals surface area contributed by atoms with Crippen molar-refractivity contribution in [2.45, 2.75) is 32.7 Å². The van der Waals surface area contributed by atoms with E-state index < -0.39 is 0 Å². The number of hydrogen-bond donors (Lipinski definition) is 1. The second-order valence-electron chi connectivity index (χ2n) is 4.09. The summed E-state index contributed by atoms with van der Waals surface area (Å²) in [6, 6.07) is 0.397. The third-order valence-corrected chi connectivity index (χ3v) is 2.72. The van der Waals surface area contributed by atoms with Crippen molar-refractivity contribution in [1.29, 1.82) is 0 Å². The summed E-state index contributed by atoms with van der Waals surface area (Å²) >= 11 is 0. The molecule has 1 atom stereocenters. The molecule has 1 aromatic rings. The quantitative estimate of drug-likeness (QED) is 0.719. The summed E-state index contributed by atoms with van der Waals surface area (Å²) in [5.74, 6) is 0. The van der Waals surface area contributed by atoms with Gasteiger partial charge in [-0.2, -0.15) is 5.10 Å². The summed E-state index contributed by atoms with van der Waals surface area (Å²) in [6.07, 6.45) is 4.27. The van der Waals surface area contributed by atoms with Gasteiger partial charge in [-0.25, -0.2) is 0 Å². The van der Waals surface area contributed by atoms with Crippen LogP contribution in [0, 0.1) is 6.92 Å². The zero-order valence-corrected chi connectivity index (χ0v) is 10.8. The van der Waals surface area contributed by atoms with Gasteiger partial charge in [-0.3, -0.25) is 4.68 Å². The molecule has 1 aromatic heterocycles. The molecule has 0 fully saturated rings. The number of aryl methyl sites for hydroxylation is 2. The Labute approximate surface area is 98.0 Å².